The molecular weight excluding hydrogens is 362 g/mol. The number of nitrogens with one attached hydrogen (secondary N) is 3. The van der Waals surface area contributed by atoms with Gasteiger partial charge in [0.2, 0.25) is 11.7 Å². The van der Waals surface area contributed by atoms with Crippen molar-refractivity contribution in [1.82, 2.24) is 16.0 Å². The van der Waals surface area contributed by atoms with Crippen LogP contribution in [0.3, 0.4) is 0 Å². The summed E-state index contributed by atoms with van der Waals surface area (Å²) in [6, 6.07) is -1.69. The lowest BCUT2D eigenvalue weighted by molar-refractivity contribution is -0.141. The Morgan fingerprint density at radius 2 is 1.82 bits per heavy atom. The van der Waals surface area contributed by atoms with E-state index in [-0.39, 0.29) is 23.8 Å². The van der Waals surface area contributed by atoms with E-state index in [0.717, 1.165) is 12.8 Å². The van der Waals surface area contributed by atoms with Gasteiger partial charge in [-0.3, -0.25) is 14.4 Å². The standard InChI is InChI=1S/C20H35N3O5/c1-6-7-9-14(23-20(27)28-17(12(2)3)13(4)5)16(24)19(26)22-15-10-8-11-21-18(15)25/h12-15,17H,6-11H2,1-5H3,(H,21,25)(H,22,26)(H,23,27)/t14-,15?/m0/s1. The third-order valence-corrected chi connectivity index (χ3v) is 4.83. The summed E-state index contributed by atoms with van der Waals surface area (Å²) in [4.78, 5) is 49.1. The van der Waals surface area contributed by atoms with Gasteiger partial charge >= 0.3 is 6.09 Å². The molecule has 3 amide bonds. The van der Waals surface area contributed by atoms with E-state index in [1.54, 1.807) is 0 Å². The molecule has 0 aliphatic carbocycles. The van der Waals surface area contributed by atoms with Crippen molar-refractivity contribution in [2.24, 2.45) is 11.8 Å². The lowest BCUT2D eigenvalue weighted by Gasteiger charge is -2.27. The highest BCUT2D eigenvalue weighted by Gasteiger charge is 2.32. The van der Waals surface area contributed by atoms with Gasteiger partial charge in [0.15, 0.2) is 0 Å². The molecule has 0 aromatic carbocycles. The summed E-state index contributed by atoms with van der Waals surface area (Å²) in [5.41, 5.74) is 0. The summed E-state index contributed by atoms with van der Waals surface area (Å²) < 4.78 is 5.48. The van der Waals surface area contributed by atoms with Gasteiger partial charge in [-0.25, -0.2) is 4.79 Å². The number of hydrogen-bond donors (Lipinski definition) is 3. The molecule has 0 spiro atoms. The lowest BCUT2D eigenvalue weighted by Crippen LogP contribution is -2.55. The molecule has 1 unspecified atom stereocenters. The third-order valence-electron chi connectivity index (χ3n) is 4.83. The van der Waals surface area contributed by atoms with Gasteiger partial charge in [0.25, 0.3) is 5.91 Å². The first-order valence-electron chi connectivity index (χ1n) is 10.3. The van der Waals surface area contributed by atoms with Crippen LogP contribution in [0.2, 0.25) is 0 Å². The predicted octanol–water partition coefficient (Wildman–Crippen LogP) is 1.92. The highest BCUT2D eigenvalue weighted by molar-refractivity contribution is 6.38. The topological polar surface area (TPSA) is 114 Å². The third kappa shape index (κ3) is 7.48. The van der Waals surface area contributed by atoms with Crippen LogP contribution in [0.25, 0.3) is 0 Å². The van der Waals surface area contributed by atoms with Crippen molar-refractivity contribution in [3.8, 4) is 0 Å². The van der Waals surface area contributed by atoms with Crippen LogP contribution in [0.5, 0.6) is 0 Å². The molecule has 0 aromatic rings. The predicted molar refractivity (Wildman–Crippen MR) is 106 cm³/mol. The summed E-state index contributed by atoms with van der Waals surface area (Å²) in [7, 11) is 0. The maximum Gasteiger partial charge on any atom is 0.408 e. The number of carbonyl (C=O) groups is 4. The number of unbranched alkanes of at least 4 members (excludes halogenated alkanes) is 1. The van der Waals surface area contributed by atoms with Crippen LogP contribution in [0, 0.1) is 11.8 Å². The summed E-state index contributed by atoms with van der Waals surface area (Å²) in [6.07, 6.45) is 2.05. The number of alkyl carbamates (subject to hydrolysis) is 1. The Morgan fingerprint density at radius 3 is 2.36 bits per heavy atom. The Bertz CT molecular complexity index is 554. The first-order valence-corrected chi connectivity index (χ1v) is 10.3. The number of piperidine rings is 1. The SMILES string of the molecule is CCCC[C@H](NC(=O)OC(C(C)C)C(C)C)C(=O)C(=O)NC1CCCNC1=O. The smallest absolute Gasteiger partial charge is 0.408 e. The van der Waals surface area contributed by atoms with E-state index in [0.29, 0.717) is 25.8 Å². The number of ether oxygens (including phenoxy) is 1. The molecule has 1 saturated heterocycles. The van der Waals surface area contributed by atoms with Crippen molar-refractivity contribution in [3.05, 3.63) is 0 Å². The fraction of sp³-hybridized carbons (Fsp3) is 0.800. The Morgan fingerprint density at radius 1 is 1.18 bits per heavy atom. The van der Waals surface area contributed by atoms with Crippen LogP contribution < -0.4 is 16.0 Å². The highest BCUT2D eigenvalue weighted by Crippen LogP contribution is 2.16. The quantitative estimate of drug-likeness (QED) is 0.487. The number of ketones is 1. The zero-order valence-corrected chi connectivity index (χ0v) is 17.7. The van der Waals surface area contributed by atoms with Crippen molar-refractivity contribution in [1.29, 1.82) is 0 Å². The molecule has 1 fully saturated rings. The summed E-state index contributed by atoms with van der Waals surface area (Å²) in [5.74, 6) is -1.64. The van der Waals surface area contributed by atoms with E-state index >= 15 is 0 Å². The van der Waals surface area contributed by atoms with Crippen molar-refractivity contribution in [3.63, 3.8) is 0 Å². The summed E-state index contributed by atoms with van der Waals surface area (Å²) >= 11 is 0. The molecule has 28 heavy (non-hydrogen) atoms. The summed E-state index contributed by atoms with van der Waals surface area (Å²) in [5, 5.41) is 7.69. The van der Waals surface area contributed by atoms with E-state index in [9.17, 15) is 19.2 Å². The Labute approximate surface area is 167 Å². The molecule has 160 valence electrons. The van der Waals surface area contributed by atoms with E-state index < -0.39 is 29.9 Å². The lowest BCUT2D eigenvalue weighted by atomic mass is 9.96. The van der Waals surface area contributed by atoms with Gasteiger partial charge in [0.05, 0.1) is 0 Å². The minimum Gasteiger partial charge on any atom is -0.446 e. The Balaban J connectivity index is 2.73. The molecular formula is C20H35N3O5. The van der Waals surface area contributed by atoms with Gasteiger partial charge in [-0.15, -0.1) is 0 Å². The molecule has 3 N–H and O–H groups in total. The second kappa shape index (κ2) is 11.7. The average molecular weight is 398 g/mol. The fourth-order valence-electron chi connectivity index (χ4n) is 3.32. The van der Waals surface area contributed by atoms with E-state index in [1.807, 2.05) is 34.6 Å². The van der Waals surface area contributed by atoms with Crippen LogP contribution in [-0.4, -0.2) is 48.4 Å². The van der Waals surface area contributed by atoms with Crippen LogP contribution in [0.1, 0.15) is 66.7 Å². The maximum absolute atomic E-state index is 12.6. The van der Waals surface area contributed by atoms with E-state index in [1.165, 1.54) is 0 Å². The van der Waals surface area contributed by atoms with Crippen molar-refractivity contribution < 1.29 is 23.9 Å². The number of carbonyl (C=O) groups excluding carboxylic acids is 4. The summed E-state index contributed by atoms with van der Waals surface area (Å²) in [6.45, 7) is 10.4. The average Bonchev–Trinajstić information content (AvgIpc) is 2.63. The van der Waals surface area contributed by atoms with Crippen molar-refractivity contribution in [2.75, 3.05) is 6.54 Å². The maximum atomic E-state index is 12.6. The van der Waals surface area contributed by atoms with Crippen molar-refractivity contribution >= 4 is 23.7 Å². The van der Waals surface area contributed by atoms with Crippen LogP contribution >= 0.6 is 0 Å². The molecule has 8 nitrogen and oxygen atoms in total. The number of rotatable bonds is 10. The molecule has 0 aromatic heterocycles. The molecule has 1 aliphatic heterocycles. The second-order valence-corrected chi connectivity index (χ2v) is 8.02. The Hall–Kier alpha value is -2.12. The molecule has 0 saturated carbocycles. The highest BCUT2D eigenvalue weighted by atomic mass is 16.6. The van der Waals surface area contributed by atoms with Crippen molar-refractivity contribution in [2.45, 2.75) is 84.9 Å². The number of amides is 3. The van der Waals surface area contributed by atoms with E-state index in [2.05, 4.69) is 16.0 Å². The van der Waals surface area contributed by atoms with Gasteiger partial charge in [0, 0.05) is 6.54 Å². The van der Waals surface area contributed by atoms with Crippen LogP contribution in [0.15, 0.2) is 0 Å². The normalized spacial score (nSPS) is 18.0. The minimum atomic E-state index is -0.973. The Kier molecular flexibility index (Phi) is 9.96. The van der Waals surface area contributed by atoms with Gasteiger partial charge in [-0.1, -0.05) is 47.5 Å². The van der Waals surface area contributed by atoms with Crippen LogP contribution in [-0.2, 0) is 19.1 Å². The molecule has 8 heteroatoms. The first kappa shape index (κ1) is 23.9. The first-order chi connectivity index (χ1) is 13.2. The monoisotopic (exact) mass is 397 g/mol. The van der Waals surface area contributed by atoms with Gasteiger partial charge in [0.1, 0.15) is 18.2 Å². The molecule has 0 radical (unpaired) electrons. The van der Waals surface area contributed by atoms with Crippen LogP contribution in [0.4, 0.5) is 4.79 Å². The zero-order chi connectivity index (χ0) is 21.3. The molecule has 1 heterocycles. The number of hydrogen-bond acceptors (Lipinski definition) is 5. The van der Waals surface area contributed by atoms with E-state index in [4.69, 9.17) is 4.74 Å². The van der Waals surface area contributed by atoms with Gasteiger partial charge in [-0.05, 0) is 31.1 Å². The minimum absolute atomic E-state index is 0.128. The number of Topliss-reactive ketones (excluding diaryl/α,β-unsaturated/α-hetero) is 1. The molecule has 1 rings (SSSR count). The second-order valence-electron chi connectivity index (χ2n) is 8.02. The molecule has 2 atom stereocenters. The van der Waals surface area contributed by atoms with Gasteiger partial charge < -0.3 is 20.7 Å². The molecule has 1 aliphatic rings. The fourth-order valence-corrected chi connectivity index (χ4v) is 3.32. The zero-order valence-electron chi connectivity index (χ0n) is 17.7. The van der Waals surface area contributed by atoms with Gasteiger partial charge in [-0.2, -0.15) is 0 Å². The largest absolute Gasteiger partial charge is 0.446 e. The molecule has 0 bridgehead atoms.